The fraction of sp³-hybridized carbons (Fsp3) is 0.533. The zero-order valence-corrected chi connectivity index (χ0v) is 12.0. The van der Waals surface area contributed by atoms with Crippen LogP contribution >= 0.6 is 0 Å². The SMILES string of the molecule is CC(C)C[C@@H](NC[C@H](O)COc1ccccc1)C(=O)O. The molecule has 0 aliphatic rings. The van der Waals surface area contributed by atoms with Gasteiger partial charge in [-0.1, -0.05) is 32.0 Å². The summed E-state index contributed by atoms with van der Waals surface area (Å²) in [7, 11) is 0. The van der Waals surface area contributed by atoms with Crippen molar-refractivity contribution in [2.75, 3.05) is 13.2 Å². The molecule has 0 aliphatic heterocycles. The number of aliphatic carboxylic acids is 1. The minimum atomic E-state index is -0.894. The molecule has 2 atom stereocenters. The molecule has 112 valence electrons. The van der Waals surface area contributed by atoms with E-state index in [0.717, 1.165) is 0 Å². The highest BCUT2D eigenvalue weighted by Crippen LogP contribution is 2.09. The van der Waals surface area contributed by atoms with E-state index in [4.69, 9.17) is 9.84 Å². The summed E-state index contributed by atoms with van der Waals surface area (Å²) < 4.78 is 5.40. The summed E-state index contributed by atoms with van der Waals surface area (Å²) in [6.45, 7) is 4.25. The van der Waals surface area contributed by atoms with E-state index in [9.17, 15) is 9.90 Å². The molecule has 0 saturated heterocycles. The van der Waals surface area contributed by atoms with E-state index in [1.165, 1.54) is 0 Å². The number of benzene rings is 1. The number of hydrogen-bond acceptors (Lipinski definition) is 4. The maximum Gasteiger partial charge on any atom is 0.320 e. The largest absolute Gasteiger partial charge is 0.491 e. The molecule has 0 spiro atoms. The number of para-hydroxylation sites is 1. The molecule has 0 unspecified atom stereocenters. The second kappa shape index (κ2) is 8.55. The van der Waals surface area contributed by atoms with Crippen molar-refractivity contribution in [3.63, 3.8) is 0 Å². The first-order valence-corrected chi connectivity index (χ1v) is 6.81. The molecule has 3 N–H and O–H groups in total. The van der Waals surface area contributed by atoms with Gasteiger partial charge in [0.1, 0.15) is 24.5 Å². The number of hydrogen-bond donors (Lipinski definition) is 3. The molecular formula is C15H23NO4. The van der Waals surface area contributed by atoms with Crippen molar-refractivity contribution in [3.8, 4) is 5.75 Å². The van der Waals surface area contributed by atoms with Gasteiger partial charge in [0.25, 0.3) is 0 Å². The maximum atomic E-state index is 11.1. The van der Waals surface area contributed by atoms with Crippen LogP contribution < -0.4 is 10.1 Å². The lowest BCUT2D eigenvalue weighted by atomic mass is 10.0. The highest BCUT2D eigenvalue weighted by molar-refractivity contribution is 5.73. The van der Waals surface area contributed by atoms with Crippen molar-refractivity contribution in [3.05, 3.63) is 30.3 Å². The average Bonchev–Trinajstić information content (AvgIpc) is 2.41. The van der Waals surface area contributed by atoms with Crippen LogP contribution in [-0.4, -0.2) is 41.5 Å². The van der Waals surface area contributed by atoms with E-state index >= 15 is 0 Å². The predicted octanol–water partition coefficient (Wildman–Crippen LogP) is 1.52. The Kier molecular flexibility index (Phi) is 7.04. The summed E-state index contributed by atoms with van der Waals surface area (Å²) in [4.78, 5) is 11.1. The number of carbonyl (C=O) groups is 1. The molecule has 1 aromatic carbocycles. The lowest BCUT2D eigenvalue weighted by molar-refractivity contribution is -0.140. The van der Waals surface area contributed by atoms with Crippen LogP contribution in [0.25, 0.3) is 0 Å². The molecule has 1 rings (SSSR count). The fourth-order valence-electron chi connectivity index (χ4n) is 1.79. The highest BCUT2D eigenvalue weighted by Gasteiger charge is 2.19. The third-order valence-electron chi connectivity index (χ3n) is 2.79. The standard InChI is InChI=1S/C15H23NO4/c1-11(2)8-14(15(18)19)16-9-12(17)10-20-13-6-4-3-5-7-13/h3-7,11-12,14,16-17H,8-10H2,1-2H3,(H,18,19)/t12-,14+/m0/s1. The molecule has 0 aliphatic carbocycles. The number of nitrogens with one attached hydrogen (secondary N) is 1. The third kappa shape index (κ3) is 6.54. The number of ether oxygens (including phenoxy) is 1. The molecule has 0 fully saturated rings. The third-order valence-corrected chi connectivity index (χ3v) is 2.79. The van der Waals surface area contributed by atoms with Gasteiger partial charge in [-0.25, -0.2) is 0 Å². The second-order valence-corrected chi connectivity index (χ2v) is 5.21. The van der Waals surface area contributed by atoms with Gasteiger partial charge in [0.15, 0.2) is 0 Å². The lowest BCUT2D eigenvalue weighted by Crippen LogP contribution is -2.43. The monoisotopic (exact) mass is 281 g/mol. The van der Waals surface area contributed by atoms with E-state index in [-0.39, 0.29) is 19.1 Å². The zero-order valence-electron chi connectivity index (χ0n) is 12.0. The van der Waals surface area contributed by atoms with E-state index < -0.39 is 18.1 Å². The van der Waals surface area contributed by atoms with E-state index in [1.807, 2.05) is 32.0 Å². The Morgan fingerprint density at radius 3 is 2.50 bits per heavy atom. The van der Waals surface area contributed by atoms with Crippen molar-refractivity contribution in [1.82, 2.24) is 5.32 Å². The van der Waals surface area contributed by atoms with E-state index in [1.54, 1.807) is 12.1 Å². The molecule has 0 saturated carbocycles. The second-order valence-electron chi connectivity index (χ2n) is 5.21. The Balaban J connectivity index is 2.30. The van der Waals surface area contributed by atoms with Crippen LogP contribution in [0.5, 0.6) is 5.75 Å². The highest BCUT2D eigenvalue weighted by atomic mass is 16.5. The molecule has 0 heterocycles. The van der Waals surface area contributed by atoms with Crippen LogP contribution in [-0.2, 0) is 4.79 Å². The summed E-state index contributed by atoms with van der Waals surface area (Å²) >= 11 is 0. The number of rotatable bonds is 9. The first-order chi connectivity index (χ1) is 9.49. The maximum absolute atomic E-state index is 11.1. The van der Waals surface area contributed by atoms with Gasteiger partial charge in [-0.05, 0) is 24.5 Å². The summed E-state index contributed by atoms with van der Waals surface area (Å²) in [5.41, 5.74) is 0. The summed E-state index contributed by atoms with van der Waals surface area (Å²) in [5, 5.41) is 21.7. The quantitative estimate of drug-likeness (QED) is 0.639. The van der Waals surface area contributed by atoms with E-state index in [2.05, 4.69) is 5.32 Å². The summed E-state index contributed by atoms with van der Waals surface area (Å²) in [5.74, 6) is 0.0692. The van der Waals surface area contributed by atoms with Crippen LogP contribution in [0.3, 0.4) is 0 Å². The molecule has 0 bridgehead atoms. The smallest absolute Gasteiger partial charge is 0.320 e. The molecule has 0 radical (unpaired) electrons. The number of carboxylic acids is 1. The number of aliphatic hydroxyl groups excluding tert-OH is 1. The van der Waals surface area contributed by atoms with Gasteiger partial charge in [-0.15, -0.1) is 0 Å². The zero-order chi connectivity index (χ0) is 15.0. The summed E-state index contributed by atoms with van der Waals surface area (Å²) in [6.07, 6.45) is -0.217. The fourth-order valence-corrected chi connectivity index (χ4v) is 1.79. The first-order valence-electron chi connectivity index (χ1n) is 6.81. The van der Waals surface area contributed by atoms with Crippen LogP contribution in [0.15, 0.2) is 30.3 Å². The average molecular weight is 281 g/mol. The Morgan fingerprint density at radius 1 is 1.30 bits per heavy atom. The molecule has 20 heavy (non-hydrogen) atoms. The van der Waals surface area contributed by atoms with Crippen molar-refractivity contribution >= 4 is 5.97 Å². The van der Waals surface area contributed by atoms with Crippen LogP contribution in [0.1, 0.15) is 20.3 Å². The van der Waals surface area contributed by atoms with Crippen molar-refractivity contribution in [2.24, 2.45) is 5.92 Å². The predicted molar refractivity (Wildman–Crippen MR) is 76.8 cm³/mol. The van der Waals surface area contributed by atoms with Gasteiger partial charge < -0.3 is 20.3 Å². The van der Waals surface area contributed by atoms with Gasteiger partial charge in [0.2, 0.25) is 0 Å². The van der Waals surface area contributed by atoms with Gasteiger partial charge in [0, 0.05) is 6.54 Å². The van der Waals surface area contributed by atoms with Crippen LogP contribution in [0, 0.1) is 5.92 Å². The van der Waals surface area contributed by atoms with Gasteiger partial charge in [-0.2, -0.15) is 0 Å². The first kappa shape index (κ1) is 16.5. The summed E-state index contributed by atoms with van der Waals surface area (Å²) in [6, 6.07) is 8.56. The lowest BCUT2D eigenvalue weighted by Gasteiger charge is -2.19. The Bertz CT molecular complexity index is 394. The van der Waals surface area contributed by atoms with Gasteiger partial charge in [0.05, 0.1) is 0 Å². The van der Waals surface area contributed by atoms with E-state index in [0.29, 0.717) is 12.2 Å². The molecule has 0 aromatic heterocycles. The molecule has 5 nitrogen and oxygen atoms in total. The minimum Gasteiger partial charge on any atom is -0.491 e. The normalized spacial score (nSPS) is 14.0. The topological polar surface area (TPSA) is 78.8 Å². The number of aliphatic hydroxyl groups is 1. The van der Waals surface area contributed by atoms with Crippen molar-refractivity contribution in [1.29, 1.82) is 0 Å². The Hall–Kier alpha value is -1.59. The van der Waals surface area contributed by atoms with Crippen molar-refractivity contribution in [2.45, 2.75) is 32.4 Å². The Labute approximate surface area is 119 Å². The molecule has 5 heteroatoms. The van der Waals surface area contributed by atoms with Gasteiger partial charge >= 0.3 is 5.97 Å². The van der Waals surface area contributed by atoms with Crippen LogP contribution in [0.4, 0.5) is 0 Å². The number of carboxylic acid groups (broad SMARTS) is 1. The van der Waals surface area contributed by atoms with Crippen molar-refractivity contribution < 1.29 is 19.7 Å². The van der Waals surface area contributed by atoms with Crippen LogP contribution in [0.2, 0.25) is 0 Å². The van der Waals surface area contributed by atoms with Gasteiger partial charge in [-0.3, -0.25) is 4.79 Å². The molecule has 1 aromatic rings. The molecular weight excluding hydrogens is 258 g/mol. The Morgan fingerprint density at radius 2 is 1.95 bits per heavy atom. The molecule has 0 amide bonds. The minimum absolute atomic E-state index is 0.130.